The van der Waals surface area contributed by atoms with Gasteiger partial charge in [0.1, 0.15) is 17.1 Å². The van der Waals surface area contributed by atoms with Crippen molar-refractivity contribution in [3.63, 3.8) is 0 Å². The van der Waals surface area contributed by atoms with Crippen LogP contribution in [0.5, 0.6) is 5.75 Å². The smallest absolute Gasteiger partial charge is 0.237 e. The zero-order chi connectivity index (χ0) is 17.6. The molecule has 1 amide bonds. The first-order valence-corrected chi connectivity index (χ1v) is 8.64. The number of phenols is 1. The molecule has 5 nitrogen and oxygen atoms in total. The molecule has 0 radical (unpaired) electrons. The molecule has 3 aromatic rings. The second kappa shape index (κ2) is 7.81. The number of nitrogens with zero attached hydrogens (tertiary/aromatic N) is 2. The minimum absolute atomic E-state index is 0.112. The summed E-state index contributed by atoms with van der Waals surface area (Å²) in [5, 5.41) is 12.6. The minimum Gasteiger partial charge on any atom is -0.508 e. The van der Waals surface area contributed by atoms with Gasteiger partial charge in [-0.1, -0.05) is 48.2 Å². The van der Waals surface area contributed by atoms with E-state index in [0.29, 0.717) is 5.69 Å². The standard InChI is InChI=1S/C19H17N3O2S/c1-13(19(24)22-15-8-5-9-16(23)10-15)25-18-11-17(20-12-21-18)14-6-3-2-4-7-14/h2-13,23H,1H3,(H,22,24)/t13-/m1/s1. The van der Waals surface area contributed by atoms with Crippen LogP contribution >= 0.6 is 11.8 Å². The Balaban J connectivity index is 1.68. The molecule has 2 aromatic carbocycles. The summed E-state index contributed by atoms with van der Waals surface area (Å²) in [6.07, 6.45) is 1.50. The number of aromatic hydroxyl groups is 1. The monoisotopic (exact) mass is 351 g/mol. The van der Waals surface area contributed by atoms with Crippen LogP contribution in [-0.2, 0) is 4.79 Å². The average molecular weight is 351 g/mol. The van der Waals surface area contributed by atoms with E-state index >= 15 is 0 Å². The van der Waals surface area contributed by atoms with E-state index in [4.69, 9.17) is 0 Å². The van der Waals surface area contributed by atoms with E-state index in [-0.39, 0.29) is 16.9 Å². The third kappa shape index (κ3) is 4.58. The molecule has 0 saturated heterocycles. The Morgan fingerprint density at radius 1 is 1.08 bits per heavy atom. The lowest BCUT2D eigenvalue weighted by molar-refractivity contribution is -0.115. The number of phenolic OH excluding ortho intramolecular Hbond substituents is 1. The summed E-state index contributed by atoms with van der Waals surface area (Å²) in [6.45, 7) is 1.81. The van der Waals surface area contributed by atoms with Crippen molar-refractivity contribution in [3.05, 3.63) is 67.0 Å². The number of amides is 1. The van der Waals surface area contributed by atoms with Crippen LogP contribution in [0.4, 0.5) is 5.69 Å². The summed E-state index contributed by atoms with van der Waals surface area (Å²) in [6, 6.07) is 18.2. The van der Waals surface area contributed by atoms with E-state index in [1.165, 1.54) is 24.2 Å². The maximum atomic E-state index is 12.3. The van der Waals surface area contributed by atoms with Crippen LogP contribution in [0, 0.1) is 0 Å². The van der Waals surface area contributed by atoms with Crippen LogP contribution in [0.1, 0.15) is 6.92 Å². The summed E-state index contributed by atoms with van der Waals surface area (Å²) in [5.74, 6) is -0.0446. The number of carbonyl (C=O) groups excluding carboxylic acids is 1. The first kappa shape index (κ1) is 17.0. The summed E-state index contributed by atoms with van der Waals surface area (Å²) in [7, 11) is 0. The molecule has 0 aliphatic heterocycles. The minimum atomic E-state index is -0.346. The van der Waals surface area contributed by atoms with Gasteiger partial charge in [-0.25, -0.2) is 9.97 Å². The molecule has 1 atom stereocenters. The van der Waals surface area contributed by atoms with E-state index in [1.807, 2.05) is 43.3 Å². The average Bonchev–Trinajstić information content (AvgIpc) is 2.62. The summed E-state index contributed by atoms with van der Waals surface area (Å²) in [4.78, 5) is 20.9. The van der Waals surface area contributed by atoms with Crippen molar-refractivity contribution in [2.45, 2.75) is 17.2 Å². The van der Waals surface area contributed by atoms with E-state index < -0.39 is 0 Å². The molecule has 0 aliphatic rings. The van der Waals surface area contributed by atoms with Crippen LogP contribution < -0.4 is 5.32 Å². The Kier molecular flexibility index (Phi) is 5.30. The van der Waals surface area contributed by atoms with Crippen molar-refractivity contribution in [2.75, 3.05) is 5.32 Å². The molecule has 0 aliphatic carbocycles. The maximum absolute atomic E-state index is 12.3. The highest BCUT2D eigenvalue weighted by Crippen LogP contribution is 2.26. The second-order valence-electron chi connectivity index (χ2n) is 5.41. The highest BCUT2D eigenvalue weighted by Gasteiger charge is 2.16. The third-order valence-corrected chi connectivity index (χ3v) is 4.52. The van der Waals surface area contributed by atoms with Gasteiger partial charge in [-0.05, 0) is 25.1 Å². The first-order chi connectivity index (χ1) is 12.1. The number of rotatable bonds is 5. The Labute approximate surface area is 150 Å². The molecule has 0 unspecified atom stereocenters. The molecular formula is C19H17N3O2S. The second-order valence-corrected chi connectivity index (χ2v) is 6.77. The van der Waals surface area contributed by atoms with Crippen LogP contribution in [0.15, 0.2) is 72.0 Å². The molecule has 25 heavy (non-hydrogen) atoms. The van der Waals surface area contributed by atoms with Crippen molar-refractivity contribution in [2.24, 2.45) is 0 Å². The molecule has 2 N–H and O–H groups in total. The molecule has 1 heterocycles. The number of carbonyl (C=O) groups is 1. The Hall–Kier alpha value is -2.86. The molecule has 0 bridgehead atoms. The van der Waals surface area contributed by atoms with Crippen LogP contribution in [-0.4, -0.2) is 26.2 Å². The summed E-state index contributed by atoms with van der Waals surface area (Å²) < 4.78 is 0. The number of anilines is 1. The number of thioether (sulfide) groups is 1. The Bertz CT molecular complexity index is 871. The van der Waals surface area contributed by atoms with E-state index in [9.17, 15) is 9.90 Å². The van der Waals surface area contributed by atoms with Crippen LogP contribution in [0.3, 0.4) is 0 Å². The normalized spacial score (nSPS) is 11.7. The third-order valence-electron chi connectivity index (χ3n) is 3.49. The van der Waals surface area contributed by atoms with Crippen molar-refractivity contribution in [3.8, 4) is 17.0 Å². The van der Waals surface area contributed by atoms with Crippen molar-refractivity contribution in [1.29, 1.82) is 0 Å². The lowest BCUT2D eigenvalue weighted by Crippen LogP contribution is -2.22. The van der Waals surface area contributed by atoms with Gasteiger partial charge in [-0.3, -0.25) is 4.79 Å². The molecular weight excluding hydrogens is 334 g/mol. The lowest BCUT2D eigenvalue weighted by atomic mass is 10.1. The maximum Gasteiger partial charge on any atom is 0.237 e. The van der Waals surface area contributed by atoms with Crippen molar-refractivity contribution < 1.29 is 9.90 Å². The molecule has 1 aromatic heterocycles. The molecule has 6 heteroatoms. The SMILES string of the molecule is C[C@@H](Sc1cc(-c2ccccc2)ncn1)C(=O)Nc1cccc(O)c1. The van der Waals surface area contributed by atoms with Gasteiger partial charge in [0.15, 0.2) is 0 Å². The van der Waals surface area contributed by atoms with Gasteiger partial charge < -0.3 is 10.4 Å². The summed E-state index contributed by atoms with van der Waals surface area (Å²) in [5.41, 5.74) is 2.38. The molecule has 126 valence electrons. The zero-order valence-electron chi connectivity index (χ0n) is 13.6. The zero-order valence-corrected chi connectivity index (χ0v) is 14.4. The highest BCUT2D eigenvalue weighted by atomic mass is 32.2. The molecule has 3 rings (SSSR count). The van der Waals surface area contributed by atoms with E-state index in [2.05, 4.69) is 15.3 Å². The van der Waals surface area contributed by atoms with Gasteiger partial charge in [0.25, 0.3) is 0 Å². The van der Waals surface area contributed by atoms with Gasteiger partial charge >= 0.3 is 0 Å². The lowest BCUT2D eigenvalue weighted by Gasteiger charge is -2.12. The molecule has 0 saturated carbocycles. The van der Waals surface area contributed by atoms with Crippen molar-refractivity contribution >= 4 is 23.4 Å². The fourth-order valence-electron chi connectivity index (χ4n) is 2.23. The number of hydrogen-bond acceptors (Lipinski definition) is 5. The van der Waals surface area contributed by atoms with Gasteiger partial charge in [-0.15, -0.1) is 0 Å². The fourth-order valence-corrected chi connectivity index (χ4v) is 3.05. The van der Waals surface area contributed by atoms with Crippen LogP contribution in [0.2, 0.25) is 0 Å². The predicted molar refractivity (Wildman–Crippen MR) is 99.5 cm³/mol. The van der Waals surface area contributed by atoms with Gasteiger partial charge in [0.2, 0.25) is 5.91 Å². The quantitative estimate of drug-likeness (QED) is 0.537. The van der Waals surface area contributed by atoms with E-state index in [0.717, 1.165) is 16.3 Å². The van der Waals surface area contributed by atoms with Gasteiger partial charge in [0.05, 0.1) is 10.9 Å². The van der Waals surface area contributed by atoms with Gasteiger partial charge in [0, 0.05) is 17.3 Å². The highest BCUT2D eigenvalue weighted by molar-refractivity contribution is 8.00. The Morgan fingerprint density at radius 3 is 2.64 bits per heavy atom. The van der Waals surface area contributed by atoms with Crippen molar-refractivity contribution in [1.82, 2.24) is 9.97 Å². The van der Waals surface area contributed by atoms with E-state index in [1.54, 1.807) is 18.2 Å². The fraction of sp³-hybridized carbons (Fsp3) is 0.105. The molecule has 0 spiro atoms. The predicted octanol–water partition coefficient (Wildman–Crippen LogP) is 3.97. The largest absolute Gasteiger partial charge is 0.508 e. The summed E-state index contributed by atoms with van der Waals surface area (Å²) >= 11 is 1.36. The van der Waals surface area contributed by atoms with Gasteiger partial charge in [-0.2, -0.15) is 0 Å². The van der Waals surface area contributed by atoms with Crippen LogP contribution in [0.25, 0.3) is 11.3 Å². The number of benzene rings is 2. The molecule has 0 fully saturated rings. The number of nitrogens with one attached hydrogen (secondary N) is 1. The number of hydrogen-bond donors (Lipinski definition) is 2. The first-order valence-electron chi connectivity index (χ1n) is 7.76. The topological polar surface area (TPSA) is 75.1 Å². The Morgan fingerprint density at radius 2 is 1.88 bits per heavy atom. The number of aromatic nitrogens is 2.